The number of nitro groups is 1. The van der Waals surface area contributed by atoms with Gasteiger partial charge in [0.15, 0.2) is 0 Å². The second-order valence-corrected chi connectivity index (χ2v) is 8.07. The maximum absolute atomic E-state index is 11.7. The molecule has 0 saturated heterocycles. The zero-order valence-corrected chi connectivity index (χ0v) is 15.4. The monoisotopic (exact) mass is 417 g/mol. The summed E-state index contributed by atoms with van der Waals surface area (Å²) >= 11 is 0. The molecule has 0 fully saturated rings. The van der Waals surface area contributed by atoms with Crippen LogP contribution in [0.2, 0.25) is 0 Å². The molecule has 27 heavy (non-hydrogen) atoms. The van der Waals surface area contributed by atoms with Crippen LogP contribution in [0.4, 0.5) is 17.1 Å². The first-order chi connectivity index (χ1) is 12.4. The van der Waals surface area contributed by atoms with Gasteiger partial charge in [0.2, 0.25) is 0 Å². The van der Waals surface area contributed by atoms with Gasteiger partial charge in [-0.1, -0.05) is 6.07 Å². The maximum atomic E-state index is 11.7. The summed E-state index contributed by atoms with van der Waals surface area (Å²) in [6, 6.07) is 5.29. The summed E-state index contributed by atoms with van der Waals surface area (Å²) in [6.07, 6.45) is 0. The second-order valence-electron chi connectivity index (χ2n) is 5.29. The van der Waals surface area contributed by atoms with Crippen molar-refractivity contribution < 1.29 is 30.9 Å². The summed E-state index contributed by atoms with van der Waals surface area (Å²) in [6.45, 7) is 1.59. The highest BCUT2D eigenvalue weighted by molar-refractivity contribution is 7.86. The van der Waals surface area contributed by atoms with Crippen molar-refractivity contribution in [2.24, 2.45) is 0 Å². The summed E-state index contributed by atoms with van der Waals surface area (Å²) in [4.78, 5) is 9.29. The molecule has 0 bridgehead atoms. The number of hydrogen-bond donors (Lipinski definition) is 4. The summed E-state index contributed by atoms with van der Waals surface area (Å²) in [5, 5.41) is 14.2. The fourth-order valence-electron chi connectivity index (χ4n) is 2.58. The van der Waals surface area contributed by atoms with E-state index in [0.29, 0.717) is 0 Å². The minimum Gasteiger partial charge on any atom is -0.398 e. The molecule has 0 spiro atoms. The number of nitro benzene ring substituents is 1. The zero-order chi connectivity index (χ0) is 20.6. The molecule has 2 aromatic rings. The molecule has 2 aromatic carbocycles. The van der Waals surface area contributed by atoms with Crippen LogP contribution in [0.5, 0.6) is 0 Å². The Morgan fingerprint density at radius 1 is 1.07 bits per heavy atom. The van der Waals surface area contributed by atoms with E-state index >= 15 is 0 Å². The minimum atomic E-state index is -4.83. The van der Waals surface area contributed by atoms with E-state index in [2.05, 4.69) is 5.32 Å². The SMILES string of the molecule is CCNc1c(S(=O)(=O)O)ccc(-c2c(N)cccc2S(=O)(=O)O)c1[N+](=O)[O-]. The van der Waals surface area contributed by atoms with Crippen molar-refractivity contribution in [1.82, 2.24) is 0 Å². The first kappa shape index (κ1) is 20.6. The molecule has 0 aromatic heterocycles. The molecule has 0 aliphatic carbocycles. The molecule has 0 aliphatic rings. The molecule has 11 nitrogen and oxygen atoms in total. The van der Waals surface area contributed by atoms with E-state index in [1.165, 1.54) is 19.1 Å². The van der Waals surface area contributed by atoms with Crippen molar-refractivity contribution in [3.63, 3.8) is 0 Å². The first-order valence-corrected chi connectivity index (χ1v) is 10.2. The van der Waals surface area contributed by atoms with Gasteiger partial charge in [0.25, 0.3) is 20.2 Å². The van der Waals surface area contributed by atoms with Gasteiger partial charge in [0, 0.05) is 17.8 Å². The van der Waals surface area contributed by atoms with Gasteiger partial charge in [0.1, 0.15) is 15.5 Å². The normalized spacial score (nSPS) is 12.0. The second kappa shape index (κ2) is 7.11. The Bertz CT molecular complexity index is 1130. The number of nitrogens with two attached hydrogens (primary N) is 1. The molecule has 0 heterocycles. The number of benzene rings is 2. The van der Waals surface area contributed by atoms with Crippen molar-refractivity contribution in [3.05, 3.63) is 40.4 Å². The van der Waals surface area contributed by atoms with E-state index in [4.69, 9.17) is 5.73 Å². The molecule has 0 radical (unpaired) electrons. The topological polar surface area (TPSA) is 190 Å². The molecule has 0 aliphatic heterocycles. The molecule has 0 amide bonds. The van der Waals surface area contributed by atoms with Crippen LogP contribution in [0.15, 0.2) is 40.1 Å². The number of nitrogens with one attached hydrogen (secondary N) is 1. The molecular formula is C14H15N3O8S2. The number of nitrogens with zero attached hydrogens (tertiary/aromatic N) is 1. The van der Waals surface area contributed by atoms with Crippen molar-refractivity contribution in [2.45, 2.75) is 16.7 Å². The van der Waals surface area contributed by atoms with Crippen LogP contribution in [0.3, 0.4) is 0 Å². The van der Waals surface area contributed by atoms with Gasteiger partial charge in [-0.3, -0.25) is 19.2 Å². The van der Waals surface area contributed by atoms with Crippen LogP contribution >= 0.6 is 0 Å². The summed E-state index contributed by atoms with van der Waals surface area (Å²) in [5.74, 6) is 0. The highest BCUT2D eigenvalue weighted by Crippen LogP contribution is 2.44. The molecule has 146 valence electrons. The van der Waals surface area contributed by atoms with E-state index in [-0.39, 0.29) is 23.4 Å². The van der Waals surface area contributed by atoms with E-state index < -0.39 is 46.3 Å². The zero-order valence-electron chi connectivity index (χ0n) is 13.8. The lowest BCUT2D eigenvalue weighted by Gasteiger charge is -2.15. The third-order valence-corrected chi connectivity index (χ3v) is 5.35. The maximum Gasteiger partial charge on any atom is 0.301 e. The molecule has 0 unspecified atom stereocenters. The van der Waals surface area contributed by atoms with Crippen molar-refractivity contribution in [2.75, 3.05) is 17.6 Å². The highest BCUT2D eigenvalue weighted by Gasteiger charge is 2.32. The quantitative estimate of drug-likeness (QED) is 0.233. The summed E-state index contributed by atoms with van der Waals surface area (Å²) in [7, 11) is -9.63. The lowest BCUT2D eigenvalue weighted by Crippen LogP contribution is -2.11. The number of rotatable bonds is 6. The van der Waals surface area contributed by atoms with Gasteiger partial charge in [-0.05, 0) is 31.2 Å². The summed E-state index contributed by atoms with van der Waals surface area (Å²) < 4.78 is 65.3. The first-order valence-electron chi connectivity index (χ1n) is 7.28. The Hall–Kier alpha value is -2.74. The lowest BCUT2D eigenvalue weighted by molar-refractivity contribution is -0.383. The summed E-state index contributed by atoms with van der Waals surface area (Å²) in [5.41, 5.74) is 3.50. The van der Waals surface area contributed by atoms with E-state index in [9.17, 15) is 36.1 Å². The molecule has 2 rings (SSSR count). The smallest absolute Gasteiger partial charge is 0.301 e. The van der Waals surface area contributed by atoms with Gasteiger partial charge in [-0.15, -0.1) is 0 Å². The largest absolute Gasteiger partial charge is 0.398 e. The Balaban J connectivity index is 3.05. The fraction of sp³-hybridized carbons (Fsp3) is 0.143. The Labute approximate surface area is 154 Å². The lowest BCUT2D eigenvalue weighted by atomic mass is 10.0. The van der Waals surface area contributed by atoms with Gasteiger partial charge >= 0.3 is 5.69 Å². The molecule has 0 saturated carbocycles. The van der Waals surface area contributed by atoms with Crippen LogP contribution in [-0.2, 0) is 20.2 Å². The van der Waals surface area contributed by atoms with Crippen LogP contribution < -0.4 is 11.1 Å². The average Bonchev–Trinajstić information content (AvgIpc) is 2.52. The number of nitrogen functional groups attached to an aromatic ring is 1. The highest BCUT2D eigenvalue weighted by atomic mass is 32.2. The van der Waals surface area contributed by atoms with Crippen LogP contribution in [0.1, 0.15) is 6.92 Å². The average molecular weight is 417 g/mol. The Morgan fingerprint density at radius 2 is 1.67 bits per heavy atom. The van der Waals surface area contributed by atoms with Crippen LogP contribution in [-0.4, -0.2) is 37.4 Å². The third-order valence-electron chi connectivity index (χ3n) is 3.56. The number of hydrogen-bond acceptors (Lipinski definition) is 8. The van der Waals surface area contributed by atoms with E-state index in [1.807, 2.05) is 0 Å². The van der Waals surface area contributed by atoms with Gasteiger partial charge in [-0.2, -0.15) is 16.8 Å². The fourth-order valence-corrected chi connectivity index (χ4v) is 3.98. The van der Waals surface area contributed by atoms with Gasteiger partial charge in [0.05, 0.1) is 10.5 Å². The molecule has 5 N–H and O–H groups in total. The Kier molecular flexibility index (Phi) is 5.42. The number of anilines is 2. The van der Waals surface area contributed by atoms with Gasteiger partial charge in [-0.25, -0.2) is 0 Å². The minimum absolute atomic E-state index is 0.0578. The standard InChI is InChI=1S/C14H15N3O8S2/c1-2-16-13-11(27(23,24)25)7-6-8(14(13)17(18)19)12-9(15)4-3-5-10(12)26(20,21)22/h3-7,16H,2,15H2,1H3,(H,20,21,22)(H,23,24,25). The molecule has 13 heteroatoms. The van der Waals surface area contributed by atoms with Crippen LogP contribution in [0, 0.1) is 10.1 Å². The van der Waals surface area contributed by atoms with Crippen molar-refractivity contribution >= 4 is 37.3 Å². The Morgan fingerprint density at radius 3 is 2.15 bits per heavy atom. The van der Waals surface area contributed by atoms with Crippen molar-refractivity contribution in [1.29, 1.82) is 0 Å². The van der Waals surface area contributed by atoms with E-state index in [0.717, 1.165) is 18.2 Å². The molecular weight excluding hydrogens is 402 g/mol. The third kappa shape index (κ3) is 4.00. The molecule has 0 atom stereocenters. The van der Waals surface area contributed by atoms with Gasteiger partial charge < -0.3 is 11.1 Å². The van der Waals surface area contributed by atoms with Crippen molar-refractivity contribution in [3.8, 4) is 11.1 Å². The van der Waals surface area contributed by atoms with E-state index in [1.54, 1.807) is 0 Å². The predicted octanol–water partition coefficient (Wildman–Crippen LogP) is 1.77. The van der Waals surface area contributed by atoms with Crippen LogP contribution in [0.25, 0.3) is 11.1 Å². The predicted molar refractivity (Wildman–Crippen MR) is 96.7 cm³/mol.